The van der Waals surface area contributed by atoms with Crippen LogP contribution in [0, 0.1) is 13.8 Å². The van der Waals surface area contributed by atoms with Crippen LogP contribution in [0.25, 0.3) is 0 Å². The van der Waals surface area contributed by atoms with Gasteiger partial charge < -0.3 is 10.6 Å². The Morgan fingerprint density at radius 3 is 2.52 bits per heavy atom. The molecule has 0 radical (unpaired) electrons. The highest BCUT2D eigenvalue weighted by molar-refractivity contribution is 7.92. The van der Waals surface area contributed by atoms with E-state index in [2.05, 4.69) is 4.72 Å². The fraction of sp³-hybridized carbons (Fsp3) is 0.350. The van der Waals surface area contributed by atoms with Gasteiger partial charge in [0.15, 0.2) is 0 Å². The average molecular weight is 388 g/mol. The molecule has 3 N–H and O–H groups in total. The summed E-state index contributed by atoms with van der Waals surface area (Å²) < 4.78 is 27.9. The van der Waals surface area contributed by atoms with Gasteiger partial charge in [-0.2, -0.15) is 0 Å². The molecule has 0 aliphatic carbocycles. The Labute approximate surface area is 160 Å². The molecule has 1 fully saturated rings. The molecule has 144 valence electrons. The Balaban J connectivity index is 1.75. The number of nitrogens with two attached hydrogens (primary N) is 1. The Hall–Kier alpha value is -2.38. The van der Waals surface area contributed by atoms with Gasteiger partial charge in [0.25, 0.3) is 15.9 Å². The van der Waals surface area contributed by atoms with E-state index in [0.29, 0.717) is 29.9 Å². The van der Waals surface area contributed by atoms with E-state index in [4.69, 9.17) is 5.73 Å². The molecule has 1 amide bonds. The van der Waals surface area contributed by atoms with Crippen LogP contribution in [0.3, 0.4) is 0 Å². The van der Waals surface area contributed by atoms with Gasteiger partial charge in [-0.1, -0.05) is 12.1 Å². The van der Waals surface area contributed by atoms with Crippen LogP contribution in [-0.2, 0) is 10.0 Å². The Morgan fingerprint density at radius 1 is 1.15 bits per heavy atom. The standard InChI is InChI=1S/C20H25N3O3S/c1-14-5-6-15(2)19(12-14)27(25,26)22-18-9-7-16(8-10-18)20(24)23-11-3-4-17(21)13-23/h5-10,12,17,22H,3-4,11,13,21H2,1-2H3. The first-order valence-corrected chi connectivity index (χ1v) is 10.5. The van der Waals surface area contributed by atoms with E-state index in [1.165, 1.54) is 0 Å². The number of nitrogens with one attached hydrogen (secondary N) is 1. The largest absolute Gasteiger partial charge is 0.337 e. The number of rotatable bonds is 4. The zero-order valence-electron chi connectivity index (χ0n) is 15.6. The fourth-order valence-corrected chi connectivity index (χ4v) is 4.65. The SMILES string of the molecule is Cc1ccc(C)c(S(=O)(=O)Nc2ccc(C(=O)N3CCCC(N)C3)cc2)c1. The molecular formula is C20H25N3O3S. The second-order valence-corrected chi connectivity index (χ2v) is 8.76. The van der Waals surface area contributed by atoms with Gasteiger partial charge in [0.1, 0.15) is 0 Å². The summed E-state index contributed by atoms with van der Waals surface area (Å²) in [6.45, 7) is 4.87. The van der Waals surface area contributed by atoms with Crippen molar-refractivity contribution in [2.45, 2.75) is 37.6 Å². The predicted molar refractivity (Wildman–Crippen MR) is 106 cm³/mol. The number of benzene rings is 2. The summed E-state index contributed by atoms with van der Waals surface area (Å²) in [6.07, 6.45) is 1.84. The molecule has 1 unspecified atom stereocenters. The van der Waals surface area contributed by atoms with Crippen LogP contribution in [-0.4, -0.2) is 38.4 Å². The van der Waals surface area contributed by atoms with Crippen molar-refractivity contribution in [2.75, 3.05) is 17.8 Å². The number of nitrogens with zero attached hydrogens (tertiary/aromatic N) is 1. The predicted octanol–water partition coefficient (Wildman–Crippen LogP) is 2.67. The van der Waals surface area contributed by atoms with Gasteiger partial charge in [-0.05, 0) is 68.1 Å². The lowest BCUT2D eigenvalue weighted by molar-refractivity contribution is 0.0709. The molecule has 6 nitrogen and oxygen atoms in total. The first-order chi connectivity index (χ1) is 12.8. The van der Waals surface area contributed by atoms with E-state index in [9.17, 15) is 13.2 Å². The van der Waals surface area contributed by atoms with Crippen LogP contribution < -0.4 is 10.5 Å². The molecule has 1 atom stereocenters. The number of carbonyl (C=O) groups is 1. The first kappa shape index (κ1) is 19.4. The van der Waals surface area contributed by atoms with Gasteiger partial charge in [0.2, 0.25) is 0 Å². The van der Waals surface area contributed by atoms with Gasteiger partial charge in [-0.3, -0.25) is 9.52 Å². The van der Waals surface area contributed by atoms with Gasteiger partial charge in [-0.25, -0.2) is 8.42 Å². The van der Waals surface area contributed by atoms with Crippen molar-refractivity contribution in [1.82, 2.24) is 4.90 Å². The molecule has 1 aliphatic heterocycles. The van der Waals surface area contributed by atoms with Crippen LogP contribution in [0.5, 0.6) is 0 Å². The molecule has 2 aromatic rings. The van der Waals surface area contributed by atoms with Gasteiger partial charge in [0.05, 0.1) is 4.90 Å². The van der Waals surface area contributed by atoms with Crippen molar-refractivity contribution in [1.29, 1.82) is 0 Å². The lowest BCUT2D eigenvalue weighted by Crippen LogP contribution is -2.45. The minimum atomic E-state index is -3.69. The number of likely N-dealkylation sites (tertiary alicyclic amines) is 1. The highest BCUT2D eigenvalue weighted by atomic mass is 32.2. The Morgan fingerprint density at radius 2 is 1.85 bits per heavy atom. The first-order valence-electron chi connectivity index (χ1n) is 9.01. The van der Waals surface area contributed by atoms with Crippen molar-refractivity contribution in [3.05, 3.63) is 59.2 Å². The number of carbonyl (C=O) groups excluding carboxylic acids is 1. The Kier molecular flexibility index (Phi) is 5.53. The summed E-state index contributed by atoms with van der Waals surface area (Å²) in [5.41, 5.74) is 8.45. The highest BCUT2D eigenvalue weighted by Gasteiger charge is 2.22. The highest BCUT2D eigenvalue weighted by Crippen LogP contribution is 2.21. The maximum Gasteiger partial charge on any atom is 0.262 e. The molecule has 7 heteroatoms. The van der Waals surface area contributed by atoms with Crippen LogP contribution >= 0.6 is 0 Å². The maximum atomic E-state index is 12.7. The zero-order valence-corrected chi connectivity index (χ0v) is 16.4. The smallest absolute Gasteiger partial charge is 0.262 e. The van der Waals surface area contributed by atoms with Gasteiger partial charge >= 0.3 is 0 Å². The van der Waals surface area contributed by atoms with Crippen molar-refractivity contribution >= 4 is 21.6 Å². The summed E-state index contributed by atoms with van der Waals surface area (Å²) >= 11 is 0. The number of sulfonamides is 1. The fourth-order valence-electron chi connectivity index (χ4n) is 3.26. The number of piperidine rings is 1. The topological polar surface area (TPSA) is 92.5 Å². The summed E-state index contributed by atoms with van der Waals surface area (Å²) in [6, 6.07) is 11.8. The summed E-state index contributed by atoms with van der Waals surface area (Å²) in [4.78, 5) is 14.6. The van der Waals surface area contributed by atoms with Crippen molar-refractivity contribution in [3.63, 3.8) is 0 Å². The number of hydrogen-bond acceptors (Lipinski definition) is 4. The third-order valence-corrected chi connectivity index (χ3v) is 6.29. The third-order valence-electron chi connectivity index (χ3n) is 4.76. The van der Waals surface area contributed by atoms with Gasteiger partial charge in [0, 0.05) is 30.4 Å². The van der Waals surface area contributed by atoms with E-state index in [1.807, 2.05) is 13.0 Å². The molecule has 0 bridgehead atoms. The molecule has 0 saturated carbocycles. The summed E-state index contributed by atoms with van der Waals surface area (Å²) in [7, 11) is -3.69. The van der Waals surface area contributed by atoms with Crippen molar-refractivity contribution in [2.24, 2.45) is 5.73 Å². The number of hydrogen-bond donors (Lipinski definition) is 2. The molecule has 0 spiro atoms. The molecule has 1 heterocycles. The van der Waals surface area contributed by atoms with Crippen molar-refractivity contribution < 1.29 is 13.2 Å². The van der Waals surface area contributed by atoms with Crippen LogP contribution in [0.2, 0.25) is 0 Å². The minimum Gasteiger partial charge on any atom is -0.337 e. The summed E-state index contributed by atoms with van der Waals surface area (Å²) in [5, 5.41) is 0. The lowest BCUT2D eigenvalue weighted by Gasteiger charge is -2.30. The van der Waals surface area contributed by atoms with Crippen LogP contribution in [0.1, 0.15) is 34.3 Å². The van der Waals surface area contributed by atoms with E-state index >= 15 is 0 Å². The molecule has 3 rings (SSSR count). The Bertz CT molecular complexity index is 939. The molecule has 27 heavy (non-hydrogen) atoms. The number of aryl methyl sites for hydroxylation is 2. The lowest BCUT2D eigenvalue weighted by atomic mass is 10.1. The van der Waals surface area contributed by atoms with E-state index < -0.39 is 10.0 Å². The second-order valence-electron chi connectivity index (χ2n) is 7.11. The molecule has 2 aromatic carbocycles. The molecule has 0 aromatic heterocycles. The third kappa shape index (κ3) is 4.48. The van der Waals surface area contributed by atoms with Gasteiger partial charge in [-0.15, -0.1) is 0 Å². The molecular weight excluding hydrogens is 362 g/mol. The van der Waals surface area contributed by atoms with Crippen LogP contribution in [0.15, 0.2) is 47.4 Å². The summed E-state index contributed by atoms with van der Waals surface area (Å²) in [5.74, 6) is -0.0749. The second kappa shape index (κ2) is 7.70. The van der Waals surface area contributed by atoms with E-state index in [1.54, 1.807) is 48.2 Å². The maximum absolute atomic E-state index is 12.7. The number of amides is 1. The normalized spacial score (nSPS) is 17.6. The van der Waals surface area contributed by atoms with Crippen molar-refractivity contribution in [3.8, 4) is 0 Å². The minimum absolute atomic E-state index is 0.0198. The quantitative estimate of drug-likeness (QED) is 0.844. The zero-order chi connectivity index (χ0) is 19.6. The van der Waals surface area contributed by atoms with Crippen LogP contribution in [0.4, 0.5) is 5.69 Å². The number of anilines is 1. The molecule has 1 saturated heterocycles. The van der Waals surface area contributed by atoms with E-state index in [0.717, 1.165) is 18.4 Å². The average Bonchev–Trinajstić information content (AvgIpc) is 2.63. The molecule has 1 aliphatic rings. The van der Waals surface area contributed by atoms with E-state index in [-0.39, 0.29) is 16.8 Å². The monoisotopic (exact) mass is 387 g/mol.